The van der Waals surface area contributed by atoms with Gasteiger partial charge in [-0.3, -0.25) is 5.32 Å². The Kier molecular flexibility index (Phi) is 6.64. The first-order valence-electron chi connectivity index (χ1n) is 7.50. The van der Waals surface area contributed by atoms with Gasteiger partial charge in [0.1, 0.15) is 17.1 Å². The van der Waals surface area contributed by atoms with E-state index in [1.807, 2.05) is 27.7 Å². The van der Waals surface area contributed by atoms with Gasteiger partial charge in [0, 0.05) is 12.1 Å². The first kappa shape index (κ1) is 17.5. The highest BCUT2D eigenvalue weighted by molar-refractivity contribution is 5.32. The maximum absolute atomic E-state index is 13.2. The molecule has 1 unspecified atom stereocenters. The van der Waals surface area contributed by atoms with Crippen molar-refractivity contribution in [3.05, 3.63) is 29.6 Å². The maximum atomic E-state index is 13.2. The lowest BCUT2D eigenvalue weighted by molar-refractivity contribution is 0.267. The van der Waals surface area contributed by atoms with E-state index in [1.54, 1.807) is 6.07 Å². The van der Waals surface area contributed by atoms with Crippen molar-refractivity contribution in [1.82, 2.24) is 5.32 Å². The molecule has 0 spiro atoms. The minimum absolute atomic E-state index is 0.260. The Morgan fingerprint density at radius 3 is 2.71 bits per heavy atom. The molecule has 4 heteroatoms. The van der Waals surface area contributed by atoms with Crippen molar-refractivity contribution >= 4 is 0 Å². The van der Waals surface area contributed by atoms with Gasteiger partial charge in [-0.05, 0) is 51.7 Å². The molecule has 0 amide bonds. The minimum Gasteiger partial charge on any atom is -0.493 e. The summed E-state index contributed by atoms with van der Waals surface area (Å²) in [6.07, 6.45) is 2.21. The number of hydrogen-bond donors (Lipinski definition) is 1. The van der Waals surface area contributed by atoms with Gasteiger partial charge >= 0.3 is 0 Å². The molecule has 1 rings (SSSR count). The molecule has 0 radical (unpaired) electrons. The summed E-state index contributed by atoms with van der Waals surface area (Å²) in [5.41, 5.74) is 0.410. The van der Waals surface area contributed by atoms with Crippen LogP contribution in [0, 0.1) is 24.1 Å². The third-order valence-corrected chi connectivity index (χ3v) is 3.54. The summed E-state index contributed by atoms with van der Waals surface area (Å²) in [7, 11) is 0. The zero-order chi connectivity index (χ0) is 15.9. The van der Waals surface area contributed by atoms with Crippen LogP contribution >= 0.6 is 0 Å². The van der Waals surface area contributed by atoms with Crippen LogP contribution in [0.1, 0.15) is 45.6 Å². The van der Waals surface area contributed by atoms with E-state index in [9.17, 15) is 9.65 Å². The van der Waals surface area contributed by atoms with Crippen molar-refractivity contribution < 1.29 is 9.13 Å². The molecule has 1 N–H and O–H groups in total. The van der Waals surface area contributed by atoms with Crippen LogP contribution in [0.15, 0.2) is 18.2 Å². The molecular formula is C17H25FN2O. The molecule has 0 bridgehead atoms. The summed E-state index contributed by atoms with van der Waals surface area (Å²) >= 11 is 0. The maximum Gasteiger partial charge on any atom is 0.126 e. The number of nitrogens with zero attached hydrogens (tertiary/aromatic N) is 1. The number of halogens is 1. The molecule has 0 aliphatic rings. The zero-order valence-corrected chi connectivity index (χ0v) is 13.4. The minimum atomic E-state index is -0.505. The number of benzene rings is 1. The summed E-state index contributed by atoms with van der Waals surface area (Å²) in [6, 6.07) is 7.18. The quantitative estimate of drug-likeness (QED) is 0.738. The molecule has 0 aromatic heterocycles. The van der Waals surface area contributed by atoms with Gasteiger partial charge in [-0.25, -0.2) is 4.39 Å². The topological polar surface area (TPSA) is 45.0 Å². The second-order valence-corrected chi connectivity index (χ2v) is 5.71. The van der Waals surface area contributed by atoms with E-state index in [-0.39, 0.29) is 11.9 Å². The Hall–Kier alpha value is -1.60. The Balaban J connectivity index is 2.52. The summed E-state index contributed by atoms with van der Waals surface area (Å²) in [5, 5.41) is 12.8. The lowest BCUT2D eigenvalue weighted by Gasteiger charge is -2.29. The SMILES string of the molecule is CCC(C#N)(CCCOc1cc(F)ccc1C)NC(C)C. The second-order valence-electron chi connectivity index (χ2n) is 5.71. The molecule has 0 aliphatic heterocycles. The molecule has 21 heavy (non-hydrogen) atoms. The van der Waals surface area contributed by atoms with Crippen molar-refractivity contribution in [2.45, 2.75) is 58.5 Å². The number of hydrogen-bond acceptors (Lipinski definition) is 3. The number of nitrogens with one attached hydrogen (secondary N) is 1. The van der Waals surface area contributed by atoms with Crippen LogP contribution in [0.25, 0.3) is 0 Å². The number of ether oxygens (including phenoxy) is 1. The third-order valence-electron chi connectivity index (χ3n) is 3.54. The first-order valence-corrected chi connectivity index (χ1v) is 7.50. The Bertz CT molecular complexity index is 496. The Morgan fingerprint density at radius 2 is 2.14 bits per heavy atom. The van der Waals surface area contributed by atoms with Crippen LogP contribution in [0.4, 0.5) is 4.39 Å². The van der Waals surface area contributed by atoms with E-state index in [0.717, 1.165) is 18.4 Å². The highest BCUT2D eigenvalue weighted by atomic mass is 19.1. The predicted molar refractivity (Wildman–Crippen MR) is 82.8 cm³/mol. The summed E-state index contributed by atoms with van der Waals surface area (Å²) in [6.45, 7) is 8.45. The van der Waals surface area contributed by atoms with Crippen molar-refractivity contribution in [3.8, 4) is 11.8 Å². The average molecular weight is 292 g/mol. The molecule has 1 atom stereocenters. The van der Waals surface area contributed by atoms with E-state index in [1.165, 1.54) is 12.1 Å². The van der Waals surface area contributed by atoms with Gasteiger partial charge < -0.3 is 4.74 Å². The highest BCUT2D eigenvalue weighted by Crippen LogP contribution is 2.21. The molecule has 0 aliphatic carbocycles. The van der Waals surface area contributed by atoms with Crippen LogP contribution in [0.5, 0.6) is 5.75 Å². The molecular weight excluding hydrogens is 267 g/mol. The fourth-order valence-electron chi connectivity index (χ4n) is 2.36. The number of aryl methyl sites for hydroxylation is 1. The molecule has 0 saturated heterocycles. The number of nitriles is 1. The normalized spacial score (nSPS) is 13.8. The average Bonchev–Trinajstić information content (AvgIpc) is 2.45. The van der Waals surface area contributed by atoms with E-state index in [2.05, 4.69) is 11.4 Å². The van der Waals surface area contributed by atoms with Crippen molar-refractivity contribution in [1.29, 1.82) is 5.26 Å². The standard InChI is InChI=1S/C17H25FN2O/c1-5-17(12-19,20-13(2)3)9-6-10-21-16-11-15(18)8-7-14(16)4/h7-8,11,13,20H,5-6,9-10H2,1-4H3. The zero-order valence-electron chi connectivity index (χ0n) is 13.4. The smallest absolute Gasteiger partial charge is 0.126 e. The Labute approximate surface area is 127 Å². The fourth-order valence-corrected chi connectivity index (χ4v) is 2.36. The van der Waals surface area contributed by atoms with Crippen LogP contribution < -0.4 is 10.1 Å². The summed E-state index contributed by atoms with van der Waals surface area (Å²) in [5.74, 6) is 0.280. The van der Waals surface area contributed by atoms with Crippen LogP contribution in [-0.2, 0) is 0 Å². The molecule has 0 saturated carbocycles. The largest absolute Gasteiger partial charge is 0.493 e. The van der Waals surface area contributed by atoms with Crippen molar-refractivity contribution in [3.63, 3.8) is 0 Å². The molecule has 1 aromatic carbocycles. The second kappa shape index (κ2) is 7.99. The van der Waals surface area contributed by atoms with E-state index in [4.69, 9.17) is 4.74 Å². The van der Waals surface area contributed by atoms with Crippen molar-refractivity contribution in [2.75, 3.05) is 6.61 Å². The van der Waals surface area contributed by atoms with Crippen LogP contribution in [0.2, 0.25) is 0 Å². The lowest BCUT2D eigenvalue weighted by atomic mass is 9.91. The van der Waals surface area contributed by atoms with E-state index < -0.39 is 5.54 Å². The van der Waals surface area contributed by atoms with Gasteiger partial charge in [0.2, 0.25) is 0 Å². The van der Waals surface area contributed by atoms with Gasteiger partial charge in [-0.2, -0.15) is 5.26 Å². The van der Waals surface area contributed by atoms with Gasteiger partial charge in [-0.1, -0.05) is 13.0 Å². The van der Waals surface area contributed by atoms with Gasteiger partial charge in [0.25, 0.3) is 0 Å². The highest BCUT2D eigenvalue weighted by Gasteiger charge is 2.27. The molecule has 0 fully saturated rings. The first-order chi connectivity index (χ1) is 9.92. The molecule has 116 valence electrons. The summed E-state index contributed by atoms with van der Waals surface area (Å²) in [4.78, 5) is 0. The molecule has 1 aromatic rings. The van der Waals surface area contributed by atoms with Gasteiger partial charge in [0.15, 0.2) is 0 Å². The van der Waals surface area contributed by atoms with E-state index in [0.29, 0.717) is 18.8 Å². The van der Waals surface area contributed by atoms with Gasteiger partial charge in [-0.15, -0.1) is 0 Å². The predicted octanol–water partition coefficient (Wildman–Crippen LogP) is 3.96. The van der Waals surface area contributed by atoms with Crippen molar-refractivity contribution in [2.24, 2.45) is 0 Å². The van der Waals surface area contributed by atoms with Crippen LogP contribution in [-0.4, -0.2) is 18.2 Å². The number of rotatable bonds is 8. The fraction of sp³-hybridized carbons (Fsp3) is 0.588. The molecule has 3 nitrogen and oxygen atoms in total. The van der Waals surface area contributed by atoms with Crippen LogP contribution in [0.3, 0.4) is 0 Å². The van der Waals surface area contributed by atoms with E-state index >= 15 is 0 Å². The molecule has 0 heterocycles. The monoisotopic (exact) mass is 292 g/mol. The third kappa shape index (κ3) is 5.35. The Morgan fingerprint density at radius 1 is 1.43 bits per heavy atom. The lowest BCUT2D eigenvalue weighted by Crippen LogP contribution is -2.47. The summed E-state index contributed by atoms with van der Waals surface area (Å²) < 4.78 is 18.8. The van der Waals surface area contributed by atoms with Gasteiger partial charge in [0.05, 0.1) is 12.7 Å².